The molecule has 0 saturated carbocycles. The van der Waals surface area contributed by atoms with Gasteiger partial charge in [0.2, 0.25) is 0 Å². The molecule has 0 amide bonds. The molecule has 2 aromatic rings. The number of hydrogen-bond acceptors (Lipinski definition) is 3. The van der Waals surface area contributed by atoms with Gasteiger partial charge >= 0.3 is 0 Å². The predicted octanol–water partition coefficient (Wildman–Crippen LogP) is 3.84. The molecule has 19 heavy (non-hydrogen) atoms. The summed E-state index contributed by atoms with van der Waals surface area (Å²) in [6.45, 7) is 4.09. The molecule has 0 fully saturated rings. The van der Waals surface area contributed by atoms with Crippen LogP contribution in [0.1, 0.15) is 25.0 Å². The van der Waals surface area contributed by atoms with Crippen LogP contribution in [-0.2, 0) is 12.8 Å². The third-order valence-electron chi connectivity index (χ3n) is 3.23. The van der Waals surface area contributed by atoms with Crippen molar-refractivity contribution in [2.24, 2.45) is 0 Å². The van der Waals surface area contributed by atoms with E-state index in [4.69, 9.17) is 5.73 Å². The van der Waals surface area contributed by atoms with E-state index >= 15 is 0 Å². The van der Waals surface area contributed by atoms with Crippen LogP contribution in [0.15, 0.2) is 36.4 Å². The largest absolute Gasteiger partial charge is 0.507 e. The Morgan fingerprint density at radius 3 is 1.95 bits per heavy atom. The van der Waals surface area contributed by atoms with Crippen LogP contribution in [0.3, 0.4) is 0 Å². The van der Waals surface area contributed by atoms with E-state index in [1.165, 1.54) is 0 Å². The van der Waals surface area contributed by atoms with Crippen LogP contribution in [0, 0.1) is 0 Å². The number of rotatable bonds is 4. The fraction of sp³-hybridized carbons (Fsp3) is 0.250. The number of nitrogen functional groups attached to an aromatic ring is 1. The molecule has 0 bridgehead atoms. The van der Waals surface area contributed by atoms with Crippen molar-refractivity contribution < 1.29 is 5.11 Å². The summed E-state index contributed by atoms with van der Waals surface area (Å²) in [6, 6.07) is 11.6. The zero-order chi connectivity index (χ0) is 13.8. The highest BCUT2D eigenvalue weighted by molar-refractivity contribution is 5.65. The minimum atomic E-state index is 0.424. The number of anilines is 3. The van der Waals surface area contributed by atoms with Crippen molar-refractivity contribution in [3.63, 3.8) is 0 Å². The van der Waals surface area contributed by atoms with Crippen LogP contribution < -0.4 is 11.1 Å². The number of hydrogen-bond donors (Lipinski definition) is 3. The zero-order valence-corrected chi connectivity index (χ0v) is 11.4. The maximum absolute atomic E-state index is 10.1. The van der Waals surface area contributed by atoms with Crippen molar-refractivity contribution in [1.82, 2.24) is 0 Å². The molecule has 0 atom stereocenters. The van der Waals surface area contributed by atoms with E-state index in [-0.39, 0.29) is 0 Å². The van der Waals surface area contributed by atoms with Crippen LogP contribution in [0.4, 0.5) is 17.1 Å². The lowest BCUT2D eigenvalue weighted by Gasteiger charge is -2.13. The molecule has 0 spiro atoms. The third kappa shape index (κ3) is 2.99. The molecule has 0 aliphatic carbocycles. The maximum atomic E-state index is 10.1. The van der Waals surface area contributed by atoms with Crippen LogP contribution in [-0.4, -0.2) is 5.11 Å². The second kappa shape index (κ2) is 5.65. The van der Waals surface area contributed by atoms with Crippen molar-refractivity contribution in [2.45, 2.75) is 26.7 Å². The van der Waals surface area contributed by atoms with E-state index in [0.717, 1.165) is 41.0 Å². The highest BCUT2D eigenvalue weighted by atomic mass is 16.3. The molecule has 3 nitrogen and oxygen atoms in total. The Hall–Kier alpha value is -2.16. The van der Waals surface area contributed by atoms with Gasteiger partial charge < -0.3 is 16.2 Å². The molecular formula is C16H20N2O. The number of phenolic OH excluding ortho intramolecular Hbond substituents is 1. The number of nitrogens with one attached hydrogen (secondary N) is 1. The Morgan fingerprint density at radius 1 is 0.947 bits per heavy atom. The molecule has 0 aliphatic heterocycles. The number of aryl methyl sites for hydroxylation is 2. The summed E-state index contributed by atoms with van der Waals surface area (Å²) in [7, 11) is 0. The van der Waals surface area contributed by atoms with Crippen LogP contribution >= 0.6 is 0 Å². The van der Waals surface area contributed by atoms with Crippen molar-refractivity contribution >= 4 is 17.1 Å². The zero-order valence-electron chi connectivity index (χ0n) is 11.4. The Bertz CT molecular complexity index is 536. The van der Waals surface area contributed by atoms with Gasteiger partial charge in [-0.05, 0) is 60.4 Å². The molecule has 100 valence electrons. The Morgan fingerprint density at radius 2 is 1.47 bits per heavy atom. The van der Waals surface area contributed by atoms with Gasteiger partial charge in [-0.1, -0.05) is 13.8 Å². The molecule has 2 aromatic carbocycles. The van der Waals surface area contributed by atoms with Crippen molar-refractivity contribution in [3.05, 3.63) is 47.5 Å². The maximum Gasteiger partial charge on any atom is 0.122 e. The summed E-state index contributed by atoms with van der Waals surface area (Å²) in [5, 5.41) is 13.4. The summed E-state index contributed by atoms with van der Waals surface area (Å²) < 4.78 is 0. The van der Waals surface area contributed by atoms with Gasteiger partial charge in [-0.2, -0.15) is 0 Å². The standard InChI is InChI=1S/C16H20N2O/c1-3-11-9-15(10-12(4-2)16(11)19)18-14-7-5-13(17)6-8-14/h5-10,18-19H,3-4,17H2,1-2H3. The third-order valence-corrected chi connectivity index (χ3v) is 3.23. The second-order valence-corrected chi connectivity index (χ2v) is 4.60. The van der Waals surface area contributed by atoms with Gasteiger partial charge in [0.05, 0.1) is 0 Å². The van der Waals surface area contributed by atoms with Gasteiger partial charge in [0, 0.05) is 17.1 Å². The molecule has 0 aromatic heterocycles. The molecule has 0 saturated heterocycles. The van der Waals surface area contributed by atoms with Crippen LogP contribution in [0.25, 0.3) is 0 Å². The van der Waals surface area contributed by atoms with Crippen molar-refractivity contribution in [2.75, 3.05) is 11.1 Å². The Labute approximate surface area is 114 Å². The number of aromatic hydroxyl groups is 1. The molecule has 0 heterocycles. The molecule has 0 radical (unpaired) electrons. The first-order valence-corrected chi connectivity index (χ1v) is 6.61. The van der Waals surface area contributed by atoms with E-state index in [1.54, 1.807) is 0 Å². The molecule has 0 aliphatic rings. The molecule has 0 unspecified atom stereocenters. The molecule has 4 N–H and O–H groups in total. The lowest BCUT2D eigenvalue weighted by atomic mass is 10.0. The topological polar surface area (TPSA) is 58.3 Å². The fourth-order valence-corrected chi connectivity index (χ4v) is 2.10. The summed E-state index contributed by atoms with van der Waals surface area (Å²) in [5.41, 5.74) is 10.3. The first-order valence-electron chi connectivity index (χ1n) is 6.61. The summed E-state index contributed by atoms with van der Waals surface area (Å²) in [4.78, 5) is 0. The summed E-state index contributed by atoms with van der Waals surface area (Å²) in [5.74, 6) is 0.424. The smallest absolute Gasteiger partial charge is 0.122 e. The van der Waals surface area contributed by atoms with E-state index in [0.29, 0.717) is 5.75 Å². The first-order chi connectivity index (χ1) is 9.13. The summed E-state index contributed by atoms with van der Waals surface area (Å²) >= 11 is 0. The van der Waals surface area contributed by atoms with E-state index in [2.05, 4.69) is 5.32 Å². The Kier molecular flexibility index (Phi) is 3.95. The van der Waals surface area contributed by atoms with Gasteiger partial charge in [0.15, 0.2) is 0 Å². The fourth-order valence-electron chi connectivity index (χ4n) is 2.10. The normalized spacial score (nSPS) is 10.4. The van der Waals surface area contributed by atoms with Gasteiger partial charge in [0.25, 0.3) is 0 Å². The lowest BCUT2D eigenvalue weighted by Crippen LogP contribution is -1.96. The number of benzene rings is 2. The van der Waals surface area contributed by atoms with Gasteiger partial charge in [-0.25, -0.2) is 0 Å². The molecular weight excluding hydrogens is 236 g/mol. The number of nitrogens with two attached hydrogens (primary N) is 1. The average molecular weight is 256 g/mol. The monoisotopic (exact) mass is 256 g/mol. The Balaban J connectivity index is 2.32. The van der Waals surface area contributed by atoms with E-state index < -0.39 is 0 Å². The molecule has 2 rings (SSSR count). The van der Waals surface area contributed by atoms with Crippen molar-refractivity contribution in [3.8, 4) is 5.75 Å². The lowest BCUT2D eigenvalue weighted by molar-refractivity contribution is 0.462. The van der Waals surface area contributed by atoms with Crippen LogP contribution in [0.2, 0.25) is 0 Å². The van der Waals surface area contributed by atoms with E-state index in [9.17, 15) is 5.11 Å². The van der Waals surface area contributed by atoms with Gasteiger partial charge in [-0.15, -0.1) is 0 Å². The highest BCUT2D eigenvalue weighted by Crippen LogP contribution is 2.29. The van der Waals surface area contributed by atoms with Gasteiger partial charge in [-0.3, -0.25) is 0 Å². The molecule has 3 heteroatoms. The van der Waals surface area contributed by atoms with E-state index in [1.807, 2.05) is 50.2 Å². The van der Waals surface area contributed by atoms with Crippen LogP contribution in [0.5, 0.6) is 5.75 Å². The van der Waals surface area contributed by atoms with Crippen molar-refractivity contribution in [1.29, 1.82) is 0 Å². The quantitative estimate of drug-likeness (QED) is 0.575. The predicted molar refractivity (Wildman–Crippen MR) is 81.0 cm³/mol. The average Bonchev–Trinajstić information content (AvgIpc) is 2.43. The second-order valence-electron chi connectivity index (χ2n) is 4.60. The first kappa shape index (κ1) is 13.3. The highest BCUT2D eigenvalue weighted by Gasteiger charge is 2.07. The SMILES string of the molecule is CCc1cc(Nc2ccc(N)cc2)cc(CC)c1O. The van der Waals surface area contributed by atoms with Gasteiger partial charge in [0.1, 0.15) is 5.75 Å². The minimum absolute atomic E-state index is 0.424. The number of phenols is 1. The summed E-state index contributed by atoms with van der Waals surface area (Å²) in [6.07, 6.45) is 1.63. The minimum Gasteiger partial charge on any atom is -0.507 e.